The largest absolute Gasteiger partial charge is 0.485 e. The average Bonchev–Trinajstić information content (AvgIpc) is 3.03. The highest BCUT2D eigenvalue weighted by atomic mass is 35.5. The van der Waals surface area contributed by atoms with Gasteiger partial charge in [-0.25, -0.2) is 0 Å². The fourth-order valence-corrected chi connectivity index (χ4v) is 5.19. The molecular formula is C34H32Cl3F5N2O5. The third-order valence-corrected chi connectivity index (χ3v) is 8.38. The summed E-state index contributed by atoms with van der Waals surface area (Å²) < 4.78 is 73.3. The Balaban J connectivity index is 1.86. The van der Waals surface area contributed by atoms with Crippen LogP contribution in [0.4, 0.5) is 22.0 Å². The number of ether oxygens (including phenoxy) is 1. The van der Waals surface area contributed by atoms with Gasteiger partial charge in [0, 0.05) is 17.4 Å². The summed E-state index contributed by atoms with van der Waals surface area (Å²) in [5, 5.41) is 4.52. The van der Waals surface area contributed by atoms with Gasteiger partial charge in [0.15, 0.2) is 5.78 Å². The molecule has 2 N–H and O–H groups in total. The first kappa shape index (κ1) is 39.7. The van der Waals surface area contributed by atoms with Gasteiger partial charge in [0.05, 0.1) is 22.5 Å². The summed E-state index contributed by atoms with van der Waals surface area (Å²) in [4.78, 5) is 52.0. The van der Waals surface area contributed by atoms with E-state index in [2.05, 4.69) is 5.32 Å². The van der Waals surface area contributed by atoms with Crippen molar-refractivity contribution in [3.05, 3.63) is 99.0 Å². The van der Waals surface area contributed by atoms with E-state index in [4.69, 9.17) is 39.5 Å². The number of benzene rings is 3. The number of carbonyl (C=O) groups excluding carboxylic acids is 4. The zero-order valence-electron chi connectivity index (χ0n) is 26.1. The molecule has 0 fully saturated rings. The van der Waals surface area contributed by atoms with Crippen LogP contribution < -0.4 is 15.4 Å². The maximum absolute atomic E-state index is 14.8. The Labute approximate surface area is 294 Å². The van der Waals surface area contributed by atoms with E-state index < -0.39 is 72.4 Å². The average molecular weight is 750 g/mol. The van der Waals surface area contributed by atoms with Gasteiger partial charge >= 0.3 is 12.1 Å². The van der Waals surface area contributed by atoms with Crippen molar-refractivity contribution < 1.29 is 45.9 Å². The minimum Gasteiger partial charge on any atom is -0.485 e. The van der Waals surface area contributed by atoms with E-state index >= 15 is 0 Å². The number of carbonyl (C=O) groups is 4. The van der Waals surface area contributed by atoms with E-state index in [0.29, 0.717) is 21.9 Å². The normalized spacial score (nSPS) is 13.7. The molecule has 3 aromatic carbocycles. The van der Waals surface area contributed by atoms with Gasteiger partial charge in [-0.15, -0.1) is 0 Å². The first-order valence-corrected chi connectivity index (χ1v) is 16.0. The number of ketones is 2. The van der Waals surface area contributed by atoms with E-state index in [9.17, 15) is 41.1 Å². The van der Waals surface area contributed by atoms with Crippen LogP contribution >= 0.6 is 34.8 Å². The molecule has 3 atom stereocenters. The number of hydrogen-bond acceptors (Lipinski definition) is 5. The zero-order chi connectivity index (χ0) is 36.5. The lowest BCUT2D eigenvalue weighted by molar-refractivity contribution is -0.167. The second-order valence-electron chi connectivity index (χ2n) is 11.5. The van der Waals surface area contributed by atoms with Crippen molar-refractivity contribution in [3.63, 3.8) is 0 Å². The van der Waals surface area contributed by atoms with Crippen LogP contribution in [0.3, 0.4) is 0 Å². The van der Waals surface area contributed by atoms with Gasteiger partial charge in [-0.3, -0.25) is 19.2 Å². The lowest BCUT2D eigenvalue weighted by Gasteiger charge is -2.26. The molecule has 0 bridgehead atoms. The molecule has 264 valence electrons. The molecule has 3 rings (SSSR count). The van der Waals surface area contributed by atoms with Crippen LogP contribution in [0.25, 0.3) is 0 Å². The number of alkyl halides is 5. The molecular weight excluding hydrogens is 718 g/mol. The summed E-state index contributed by atoms with van der Waals surface area (Å²) in [5.41, 5.74) is 1.05. The fourth-order valence-electron chi connectivity index (χ4n) is 4.76. The molecule has 0 aliphatic carbocycles. The van der Waals surface area contributed by atoms with Crippen molar-refractivity contribution in [2.45, 2.75) is 57.4 Å². The number of rotatable bonds is 16. The van der Waals surface area contributed by atoms with Crippen LogP contribution in [-0.4, -0.2) is 48.1 Å². The topological polar surface area (TPSA) is 102 Å². The molecule has 0 aliphatic heterocycles. The smallest absolute Gasteiger partial charge is 0.405 e. The third kappa shape index (κ3) is 12.0. The van der Waals surface area contributed by atoms with Crippen LogP contribution in [0, 0.1) is 11.8 Å². The predicted molar refractivity (Wildman–Crippen MR) is 175 cm³/mol. The summed E-state index contributed by atoms with van der Waals surface area (Å²) in [7, 11) is 0. The number of Topliss-reactive ketones (excluding diaryl/α,β-unsaturated/α-hetero) is 2. The molecule has 1 unspecified atom stereocenters. The summed E-state index contributed by atoms with van der Waals surface area (Å²) in [5.74, 6) is -13.2. The molecule has 2 amide bonds. The van der Waals surface area contributed by atoms with Crippen LogP contribution in [0.2, 0.25) is 15.1 Å². The highest BCUT2D eigenvalue weighted by molar-refractivity contribution is 6.42. The highest BCUT2D eigenvalue weighted by Gasteiger charge is 2.51. The molecule has 0 spiro atoms. The second kappa shape index (κ2) is 17.3. The van der Waals surface area contributed by atoms with Crippen LogP contribution in [0.5, 0.6) is 5.75 Å². The van der Waals surface area contributed by atoms with E-state index in [1.807, 2.05) is 0 Å². The molecule has 0 aliphatic rings. The molecule has 0 saturated carbocycles. The Kier molecular flexibility index (Phi) is 14.0. The van der Waals surface area contributed by atoms with Gasteiger partial charge in [0.25, 0.3) is 5.91 Å². The van der Waals surface area contributed by atoms with Crippen LogP contribution in [0.15, 0.2) is 72.8 Å². The quantitative estimate of drug-likeness (QED) is 0.114. The zero-order valence-corrected chi connectivity index (χ0v) is 28.4. The van der Waals surface area contributed by atoms with Gasteiger partial charge < -0.3 is 15.4 Å². The van der Waals surface area contributed by atoms with E-state index in [-0.39, 0.29) is 22.9 Å². The maximum atomic E-state index is 14.8. The molecule has 0 aromatic heterocycles. The lowest BCUT2D eigenvalue weighted by Crippen LogP contribution is -2.52. The predicted octanol–water partition coefficient (Wildman–Crippen LogP) is 8.00. The number of amides is 2. The molecule has 0 saturated heterocycles. The Morgan fingerprint density at radius 1 is 0.816 bits per heavy atom. The number of halogens is 8. The van der Waals surface area contributed by atoms with Crippen molar-refractivity contribution >= 4 is 58.2 Å². The van der Waals surface area contributed by atoms with Gasteiger partial charge in [0.1, 0.15) is 18.4 Å². The number of nitrogens with one attached hydrogen (secondary N) is 2. The second-order valence-corrected chi connectivity index (χ2v) is 12.8. The minimum absolute atomic E-state index is 0.0949. The molecule has 15 heteroatoms. The minimum atomic E-state index is -5.00. The fraction of sp³-hybridized carbons (Fsp3) is 0.353. The molecule has 3 aromatic rings. The maximum Gasteiger partial charge on any atom is 0.405 e. The lowest BCUT2D eigenvalue weighted by atomic mass is 9.82. The monoisotopic (exact) mass is 748 g/mol. The van der Waals surface area contributed by atoms with Crippen molar-refractivity contribution in [2.75, 3.05) is 6.54 Å². The number of hydrogen-bond donors (Lipinski definition) is 2. The van der Waals surface area contributed by atoms with Crippen LogP contribution in [0.1, 0.15) is 43.9 Å². The van der Waals surface area contributed by atoms with Crippen molar-refractivity contribution in [1.29, 1.82) is 0 Å². The summed E-state index contributed by atoms with van der Waals surface area (Å²) in [6.07, 6.45) is -7.24. The van der Waals surface area contributed by atoms with E-state index in [1.165, 1.54) is 26.0 Å². The Morgan fingerprint density at radius 3 is 2.02 bits per heavy atom. The van der Waals surface area contributed by atoms with E-state index in [0.717, 1.165) is 5.32 Å². The first-order valence-electron chi connectivity index (χ1n) is 14.9. The Bertz CT molecular complexity index is 1620. The Morgan fingerprint density at radius 2 is 1.45 bits per heavy atom. The first-order chi connectivity index (χ1) is 22.9. The molecule has 49 heavy (non-hydrogen) atoms. The van der Waals surface area contributed by atoms with Gasteiger partial charge in [-0.1, -0.05) is 85.0 Å². The summed E-state index contributed by atoms with van der Waals surface area (Å²) in [6.45, 7) is 0.622. The van der Waals surface area contributed by atoms with E-state index in [1.54, 1.807) is 60.7 Å². The summed E-state index contributed by atoms with van der Waals surface area (Å²) in [6, 6.07) is 18.0. The van der Waals surface area contributed by atoms with Gasteiger partial charge in [-0.05, 0) is 59.9 Å². The molecule has 0 radical (unpaired) electrons. The molecule has 0 heterocycles. The van der Waals surface area contributed by atoms with Crippen molar-refractivity contribution in [3.8, 4) is 5.75 Å². The Hall–Kier alpha value is -3.74. The van der Waals surface area contributed by atoms with Gasteiger partial charge in [0.2, 0.25) is 11.7 Å². The van der Waals surface area contributed by atoms with Gasteiger partial charge in [-0.2, -0.15) is 22.0 Å². The van der Waals surface area contributed by atoms with Crippen molar-refractivity contribution in [1.82, 2.24) is 10.6 Å². The standard InChI is InChI=1S/C34H32Cl3F5N2O5/c1-19(2)24(31(47)34(41,42)32(48)43-18-33(38,39)40)16-28(45)27(14-20-6-4-3-5-7-20)44-30(46)17-29(21-8-13-25(36)26(37)15-21)49-23-11-9-22(35)10-12-23/h3-13,15,19,24,27,29H,14,16-18H2,1-2H3,(H,43,48)(H,44,46)/t24-,27-,29?/m0/s1. The SMILES string of the molecule is CC(C)[C@H](CC(=O)[C@H](Cc1ccccc1)NC(=O)CC(Oc1ccc(Cl)cc1)c1ccc(Cl)c(Cl)c1)C(=O)C(F)(F)C(=O)NCC(F)(F)F. The van der Waals surface area contributed by atoms with Crippen LogP contribution in [-0.2, 0) is 25.6 Å². The van der Waals surface area contributed by atoms with Crippen molar-refractivity contribution in [2.24, 2.45) is 11.8 Å². The molecule has 7 nitrogen and oxygen atoms in total. The third-order valence-electron chi connectivity index (χ3n) is 7.39. The highest BCUT2D eigenvalue weighted by Crippen LogP contribution is 2.32. The summed E-state index contributed by atoms with van der Waals surface area (Å²) >= 11 is 18.3.